The van der Waals surface area contributed by atoms with Crippen LogP contribution in [0.4, 0.5) is 11.5 Å². The molecule has 0 aliphatic carbocycles. The van der Waals surface area contributed by atoms with E-state index in [-0.39, 0.29) is 23.6 Å². The molecule has 10 nitrogen and oxygen atoms in total. The van der Waals surface area contributed by atoms with Crippen LogP contribution >= 0.6 is 0 Å². The van der Waals surface area contributed by atoms with Gasteiger partial charge in [-0.15, -0.1) is 0 Å². The molecule has 0 aromatic carbocycles. The Balaban J connectivity index is 1.99. The van der Waals surface area contributed by atoms with Crippen LogP contribution in [0.5, 0.6) is 0 Å². The van der Waals surface area contributed by atoms with Crippen LogP contribution in [-0.2, 0) is 13.5 Å². The smallest absolute Gasteiger partial charge is 0.288 e. The molecule has 1 amide bonds. The number of carbonyl (C=O) groups is 1. The second-order valence-electron chi connectivity index (χ2n) is 4.22. The number of rotatable bonds is 5. The van der Waals surface area contributed by atoms with Crippen molar-refractivity contribution in [2.45, 2.75) is 6.42 Å². The summed E-state index contributed by atoms with van der Waals surface area (Å²) in [5.74, 6) is -0.00312. The average molecular weight is 291 g/mol. The number of hydrogen-bond acceptors (Lipinski definition) is 7. The number of carbonyl (C=O) groups excluding carboxylic acids is 1. The fraction of sp³-hybridized carbons (Fsp3) is 0.273. The molecule has 0 unspecified atom stereocenters. The van der Waals surface area contributed by atoms with Gasteiger partial charge in [0, 0.05) is 26.1 Å². The minimum Gasteiger partial charge on any atom is -0.383 e. The zero-order valence-corrected chi connectivity index (χ0v) is 11.2. The van der Waals surface area contributed by atoms with Crippen LogP contribution in [0.1, 0.15) is 16.2 Å². The van der Waals surface area contributed by atoms with Crippen LogP contribution < -0.4 is 11.1 Å². The summed E-state index contributed by atoms with van der Waals surface area (Å²) in [6.45, 7) is 0.283. The quantitative estimate of drug-likeness (QED) is 0.567. The van der Waals surface area contributed by atoms with Crippen molar-refractivity contribution in [1.29, 1.82) is 0 Å². The lowest BCUT2D eigenvalue weighted by Gasteiger charge is -2.05. The summed E-state index contributed by atoms with van der Waals surface area (Å²) in [4.78, 5) is 29.6. The molecule has 2 aromatic heterocycles. The zero-order valence-electron chi connectivity index (χ0n) is 11.2. The maximum absolute atomic E-state index is 11.9. The van der Waals surface area contributed by atoms with E-state index in [2.05, 4.69) is 20.4 Å². The number of hydrogen-bond donors (Lipinski definition) is 2. The van der Waals surface area contributed by atoms with Crippen LogP contribution in [0.2, 0.25) is 0 Å². The summed E-state index contributed by atoms with van der Waals surface area (Å²) in [5.41, 5.74) is 5.23. The normalized spacial score (nSPS) is 10.3. The van der Waals surface area contributed by atoms with Gasteiger partial charge in [0.15, 0.2) is 5.82 Å². The number of aromatic nitrogens is 4. The van der Waals surface area contributed by atoms with Gasteiger partial charge in [-0.3, -0.25) is 19.6 Å². The van der Waals surface area contributed by atoms with E-state index in [1.807, 2.05) is 0 Å². The third-order valence-corrected chi connectivity index (χ3v) is 2.64. The van der Waals surface area contributed by atoms with Crippen molar-refractivity contribution >= 4 is 17.4 Å². The Morgan fingerprint density at radius 1 is 1.52 bits per heavy atom. The van der Waals surface area contributed by atoms with Gasteiger partial charge in [-0.1, -0.05) is 0 Å². The summed E-state index contributed by atoms with van der Waals surface area (Å²) >= 11 is 0. The Hall–Kier alpha value is -3.04. The lowest BCUT2D eigenvalue weighted by Crippen LogP contribution is -2.27. The standard InChI is InChI=1S/C11H13N7O3/c1-17-6-15-9(16-17)2-3-13-11(19)8-4-7(18(20)21)5-14-10(8)12/h4-6H,2-3H2,1H3,(H2,12,14)(H,13,19). The van der Waals surface area contributed by atoms with E-state index in [9.17, 15) is 14.9 Å². The van der Waals surface area contributed by atoms with Gasteiger partial charge in [0.1, 0.15) is 18.3 Å². The first-order valence-electron chi connectivity index (χ1n) is 6.00. The fourth-order valence-corrected chi connectivity index (χ4v) is 1.63. The molecular formula is C11H13N7O3. The monoisotopic (exact) mass is 291 g/mol. The number of nitrogens with one attached hydrogen (secondary N) is 1. The highest BCUT2D eigenvalue weighted by molar-refractivity contribution is 5.98. The highest BCUT2D eigenvalue weighted by Gasteiger charge is 2.16. The first-order chi connectivity index (χ1) is 9.97. The van der Waals surface area contributed by atoms with Crippen molar-refractivity contribution in [3.8, 4) is 0 Å². The number of anilines is 1. The van der Waals surface area contributed by atoms with Crippen molar-refractivity contribution in [2.75, 3.05) is 12.3 Å². The van der Waals surface area contributed by atoms with E-state index in [4.69, 9.17) is 5.73 Å². The number of aryl methyl sites for hydroxylation is 1. The molecule has 110 valence electrons. The minimum atomic E-state index is -0.638. The van der Waals surface area contributed by atoms with E-state index in [0.29, 0.717) is 12.2 Å². The lowest BCUT2D eigenvalue weighted by molar-refractivity contribution is -0.385. The Morgan fingerprint density at radius 3 is 2.90 bits per heavy atom. The molecule has 0 saturated carbocycles. The van der Waals surface area contributed by atoms with E-state index in [1.165, 1.54) is 0 Å². The summed E-state index contributed by atoms with van der Waals surface area (Å²) in [6, 6.07) is 1.09. The lowest BCUT2D eigenvalue weighted by atomic mass is 10.2. The van der Waals surface area contributed by atoms with Gasteiger partial charge in [-0.05, 0) is 0 Å². The molecule has 0 bridgehead atoms. The summed E-state index contributed by atoms with van der Waals surface area (Å²) in [7, 11) is 1.74. The van der Waals surface area contributed by atoms with E-state index < -0.39 is 10.8 Å². The molecular weight excluding hydrogens is 278 g/mol. The minimum absolute atomic E-state index is 0.0295. The summed E-state index contributed by atoms with van der Waals surface area (Å²) < 4.78 is 1.56. The van der Waals surface area contributed by atoms with Crippen molar-refractivity contribution in [3.63, 3.8) is 0 Å². The second-order valence-corrected chi connectivity index (χ2v) is 4.22. The molecule has 2 aromatic rings. The first-order valence-corrected chi connectivity index (χ1v) is 6.00. The molecule has 0 fully saturated rings. The van der Waals surface area contributed by atoms with Crippen LogP contribution in [0.3, 0.4) is 0 Å². The van der Waals surface area contributed by atoms with E-state index in [1.54, 1.807) is 18.1 Å². The molecule has 2 heterocycles. The maximum atomic E-state index is 11.9. The molecule has 0 aliphatic heterocycles. The molecule has 2 rings (SSSR count). The van der Waals surface area contributed by atoms with Gasteiger partial charge in [0.2, 0.25) is 0 Å². The number of amides is 1. The topological polar surface area (TPSA) is 142 Å². The van der Waals surface area contributed by atoms with Crippen molar-refractivity contribution in [3.05, 3.63) is 40.1 Å². The largest absolute Gasteiger partial charge is 0.383 e. The number of nitrogen functional groups attached to an aromatic ring is 1. The van der Waals surface area contributed by atoms with Crippen LogP contribution in [0.15, 0.2) is 18.6 Å². The number of nitrogens with two attached hydrogens (primary N) is 1. The van der Waals surface area contributed by atoms with Gasteiger partial charge in [0.25, 0.3) is 11.6 Å². The third kappa shape index (κ3) is 3.49. The number of pyridine rings is 1. The van der Waals surface area contributed by atoms with Gasteiger partial charge in [0.05, 0.1) is 10.5 Å². The van der Waals surface area contributed by atoms with Crippen molar-refractivity contribution < 1.29 is 9.72 Å². The predicted octanol–water partition coefficient (Wildman–Crippen LogP) is -0.327. The number of nitrogens with zero attached hydrogens (tertiary/aromatic N) is 5. The molecule has 10 heteroatoms. The van der Waals surface area contributed by atoms with E-state index >= 15 is 0 Å². The molecule has 0 radical (unpaired) electrons. The maximum Gasteiger partial charge on any atom is 0.288 e. The fourth-order valence-electron chi connectivity index (χ4n) is 1.63. The van der Waals surface area contributed by atoms with Gasteiger partial charge in [-0.2, -0.15) is 5.10 Å². The molecule has 0 saturated heterocycles. The van der Waals surface area contributed by atoms with Gasteiger partial charge in [-0.25, -0.2) is 9.97 Å². The van der Waals surface area contributed by atoms with Gasteiger partial charge < -0.3 is 11.1 Å². The Bertz CT molecular complexity index is 682. The predicted molar refractivity (Wildman–Crippen MR) is 72.3 cm³/mol. The highest BCUT2D eigenvalue weighted by atomic mass is 16.6. The Labute approximate surface area is 119 Å². The van der Waals surface area contributed by atoms with Crippen LogP contribution in [-0.4, -0.2) is 37.1 Å². The second kappa shape index (κ2) is 5.94. The molecule has 3 N–H and O–H groups in total. The zero-order chi connectivity index (χ0) is 15.4. The first kappa shape index (κ1) is 14.4. The van der Waals surface area contributed by atoms with Crippen molar-refractivity contribution in [2.24, 2.45) is 7.05 Å². The third-order valence-electron chi connectivity index (χ3n) is 2.64. The highest BCUT2D eigenvalue weighted by Crippen LogP contribution is 2.16. The van der Waals surface area contributed by atoms with Gasteiger partial charge >= 0.3 is 0 Å². The molecule has 0 aliphatic rings. The Morgan fingerprint density at radius 2 is 2.29 bits per heavy atom. The molecule has 0 spiro atoms. The van der Waals surface area contributed by atoms with Crippen molar-refractivity contribution in [1.82, 2.24) is 25.1 Å². The summed E-state index contributed by atoms with van der Waals surface area (Å²) in [6.07, 6.45) is 3.00. The SMILES string of the molecule is Cn1cnc(CCNC(=O)c2cc([N+](=O)[O-])cnc2N)n1. The van der Waals surface area contributed by atoms with Crippen LogP contribution in [0, 0.1) is 10.1 Å². The number of nitro groups is 1. The summed E-state index contributed by atoms with van der Waals surface area (Å²) in [5, 5.41) is 17.3. The average Bonchev–Trinajstić information content (AvgIpc) is 2.84. The van der Waals surface area contributed by atoms with E-state index in [0.717, 1.165) is 12.3 Å². The Kier molecular flexibility index (Phi) is 4.07. The molecule has 0 atom stereocenters. The molecule has 21 heavy (non-hydrogen) atoms. The van der Waals surface area contributed by atoms with Crippen LogP contribution in [0.25, 0.3) is 0 Å².